The molecule has 1 aromatic rings. The van der Waals surface area contributed by atoms with Crippen molar-refractivity contribution in [3.05, 3.63) is 18.1 Å². The molecule has 0 saturated carbocycles. The molecule has 16 heavy (non-hydrogen) atoms. The third-order valence-electron chi connectivity index (χ3n) is 2.82. The molecule has 5 heteroatoms. The van der Waals surface area contributed by atoms with Crippen LogP contribution in [0.2, 0.25) is 0 Å². The number of hydrogen-bond donors (Lipinski definition) is 1. The number of anilines is 1. The molecule has 5 nitrogen and oxygen atoms in total. The Bertz CT molecular complexity index is 345. The van der Waals surface area contributed by atoms with E-state index in [-0.39, 0.29) is 6.04 Å². The highest BCUT2D eigenvalue weighted by molar-refractivity contribution is 5.40. The summed E-state index contributed by atoms with van der Waals surface area (Å²) >= 11 is 0. The normalized spacial score (nSPS) is 20.4. The van der Waals surface area contributed by atoms with Gasteiger partial charge >= 0.3 is 0 Å². The van der Waals surface area contributed by atoms with Crippen LogP contribution in [0.15, 0.2) is 12.4 Å². The van der Waals surface area contributed by atoms with Crippen molar-refractivity contribution < 1.29 is 4.74 Å². The Kier molecular flexibility index (Phi) is 3.69. The Morgan fingerprint density at radius 1 is 1.56 bits per heavy atom. The molecule has 0 amide bonds. The second-order valence-corrected chi connectivity index (χ2v) is 4.11. The molecular weight excluding hydrogens is 204 g/mol. The second-order valence-electron chi connectivity index (χ2n) is 4.11. The Morgan fingerprint density at radius 2 is 2.44 bits per heavy atom. The summed E-state index contributed by atoms with van der Waals surface area (Å²) in [7, 11) is 1.70. The largest absolute Gasteiger partial charge is 0.384 e. The summed E-state index contributed by atoms with van der Waals surface area (Å²) < 4.78 is 5.03. The van der Waals surface area contributed by atoms with Crippen LogP contribution in [0.4, 0.5) is 5.82 Å². The van der Waals surface area contributed by atoms with E-state index >= 15 is 0 Å². The van der Waals surface area contributed by atoms with Crippen LogP contribution < -0.4 is 10.6 Å². The summed E-state index contributed by atoms with van der Waals surface area (Å²) in [5, 5.41) is 0. The highest BCUT2D eigenvalue weighted by Crippen LogP contribution is 2.17. The minimum atomic E-state index is 0.275. The standard InChI is InChI=1S/C11H18N4O/c1-16-5-3-10-6-11(14-8-13-10)15-4-2-9(12)7-15/h6,8-9H,2-5,7,12H2,1H3. The Labute approximate surface area is 95.6 Å². The van der Waals surface area contributed by atoms with Gasteiger partial charge in [0.1, 0.15) is 12.1 Å². The molecule has 2 N–H and O–H groups in total. The lowest BCUT2D eigenvalue weighted by molar-refractivity contribution is 0.201. The molecule has 0 spiro atoms. The smallest absolute Gasteiger partial charge is 0.132 e. The highest BCUT2D eigenvalue weighted by atomic mass is 16.5. The van der Waals surface area contributed by atoms with Crippen LogP contribution in [-0.4, -0.2) is 42.8 Å². The topological polar surface area (TPSA) is 64.3 Å². The number of ether oxygens (including phenoxy) is 1. The van der Waals surface area contributed by atoms with Gasteiger partial charge in [-0.1, -0.05) is 0 Å². The van der Waals surface area contributed by atoms with Crippen LogP contribution in [0.25, 0.3) is 0 Å². The summed E-state index contributed by atoms with van der Waals surface area (Å²) in [4.78, 5) is 10.7. The molecule has 0 radical (unpaired) electrons. The summed E-state index contributed by atoms with van der Waals surface area (Å²) in [5.41, 5.74) is 6.90. The highest BCUT2D eigenvalue weighted by Gasteiger charge is 2.20. The van der Waals surface area contributed by atoms with Crippen molar-refractivity contribution in [1.29, 1.82) is 0 Å². The molecule has 0 bridgehead atoms. The summed E-state index contributed by atoms with van der Waals surface area (Å²) in [6.07, 6.45) is 3.48. The number of hydrogen-bond acceptors (Lipinski definition) is 5. The molecule has 1 saturated heterocycles. The average Bonchev–Trinajstić information content (AvgIpc) is 2.74. The first-order valence-electron chi connectivity index (χ1n) is 5.60. The summed E-state index contributed by atoms with van der Waals surface area (Å²) in [6.45, 7) is 2.57. The zero-order valence-corrected chi connectivity index (χ0v) is 9.59. The van der Waals surface area contributed by atoms with Crippen LogP contribution in [0, 0.1) is 0 Å². The fourth-order valence-electron chi connectivity index (χ4n) is 1.90. The second kappa shape index (κ2) is 5.23. The predicted molar refractivity (Wildman–Crippen MR) is 62.4 cm³/mol. The van der Waals surface area contributed by atoms with E-state index in [4.69, 9.17) is 10.5 Å². The molecule has 2 rings (SSSR count). The lowest BCUT2D eigenvalue weighted by Crippen LogP contribution is -2.27. The molecule has 88 valence electrons. The maximum atomic E-state index is 5.88. The van der Waals surface area contributed by atoms with E-state index in [9.17, 15) is 0 Å². The van der Waals surface area contributed by atoms with Crippen molar-refractivity contribution in [3.63, 3.8) is 0 Å². The monoisotopic (exact) mass is 222 g/mol. The van der Waals surface area contributed by atoms with Crippen molar-refractivity contribution in [1.82, 2.24) is 9.97 Å². The zero-order valence-electron chi connectivity index (χ0n) is 9.59. The number of methoxy groups -OCH3 is 1. The molecule has 1 aromatic heterocycles. The minimum absolute atomic E-state index is 0.275. The van der Waals surface area contributed by atoms with Crippen LogP contribution in [0.3, 0.4) is 0 Å². The van der Waals surface area contributed by atoms with E-state index in [0.717, 1.165) is 37.4 Å². The van der Waals surface area contributed by atoms with Crippen molar-refractivity contribution in [2.24, 2.45) is 5.73 Å². The number of aromatic nitrogens is 2. The van der Waals surface area contributed by atoms with E-state index in [0.29, 0.717) is 6.61 Å². The van der Waals surface area contributed by atoms with Gasteiger partial charge in [-0.25, -0.2) is 9.97 Å². The fraction of sp³-hybridized carbons (Fsp3) is 0.636. The van der Waals surface area contributed by atoms with Crippen LogP contribution in [0.1, 0.15) is 12.1 Å². The van der Waals surface area contributed by atoms with Gasteiger partial charge in [0.2, 0.25) is 0 Å². The predicted octanol–water partition coefficient (Wildman–Crippen LogP) is 0.203. The van der Waals surface area contributed by atoms with Crippen molar-refractivity contribution in [2.75, 3.05) is 31.7 Å². The van der Waals surface area contributed by atoms with Gasteiger partial charge in [-0.2, -0.15) is 0 Å². The van der Waals surface area contributed by atoms with Crippen molar-refractivity contribution >= 4 is 5.82 Å². The van der Waals surface area contributed by atoms with Gasteiger partial charge in [0.05, 0.1) is 6.61 Å². The molecule has 1 unspecified atom stereocenters. The van der Waals surface area contributed by atoms with Crippen LogP contribution in [0.5, 0.6) is 0 Å². The molecular formula is C11H18N4O. The van der Waals surface area contributed by atoms with Gasteiger partial charge in [0.25, 0.3) is 0 Å². The molecule has 1 fully saturated rings. The third kappa shape index (κ3) is 2.68. The van der Waals surface area contributed by atoms with Gasteiger partial charge in [-0.05, 0) is 6.42 Å². The van der Waals surface area contributed by atoms with Crippen LogP contribution in [-0.2, 0) is 11.2 Å². The molecule has 0 aromatic carbocycles. The Hall–Kier alpha value is -1.20. The summed E-state index contributed by atoms with van der Waals surface area (Å²) in [5.74, 6) is 0.981. The minimum Gasteiger partial charge on any atom is -0.384 e. The van der Waals surface area contributed by atoms with Gasteiger partial charge in [0.15, 0.2) is 0 Å². The van der Waals surface area contributed by atoms with Gasteiger partial charge in [-0.15, -0.1) is 0 Å². The van der Waals surface area contributed by atoms with Crippen molar-refractivity contribution in [3.8, 4) is 0 Å². The van der Waals surface area contributed by atoms with E-state index in [2.05, 4.69) is 14.9 Å². The number of nitrogens with two attached hydrogens (primary N) is 1. The third-order valence-corrected chi connectivity index (χ3v) is 2.82. The summed E-state index contributed by atoms with van der Waals surface area (Å²) in [6, 6.07) is 2.30. The van der Waals surface area contributed by atoms with E-state index in [1.807, 2.05) is 6.07 Å². The van der Waals surface area contributed by atoms with Crippen LogP contribution >= 0.6 is 0 Å². The first-order valence-corrected chi connectivity index (χ1v) is 5.60. The maximum Gasteiger partial charge on any atom is 0.132 e. The lowest BCUT2D eigenvalue weighted by atomic mass is 10.3. The quantitative estimate of drug-likeness (QED) is 0.788. The molecule has 2 heterocycles. The first-order chi connectivity index (χ1) is 7.79. The van der Waals surface area contributed by atoms with E-state index in [1.54, 1.807) is 13.4 Å². The zero-order chi connectivity index (χ0) is 11.4. The molecule has 0 aliphatic carbocycles. The van der Waals surface area contributed by atoms with E-state index in [1.165, 1.54) is 0 Å². The van der Waals surface area contributed by atoms with Gasteiger partial charge < -0.3 is 15.4 Å². The first kappa shape index (κ1) is 11.3. The van der Waals surface area contributed by atoms with E-state index < -0.39 is 0 Å². The lowest BCUT2D eigenvalue weighted by Gasteiger charge is -2.16. The number of nitrogens with zero attached hydrogens (tertiary/aromatic N) is 3. The Balaban J connectivity index is 2.04. The Morgan fingerprint density at radius 3 is 3.12 bits per heavy atom. The number of rotatable bonds is 4. The fourth-order valence-corrected chi connectivity index (χ4v) is 1.90. The average molecular weight is 222 g/mol. The van der Waals surface area contributed by atoms with Crippen molar-refractivity contribution in [2.45, 2.75) is 18.9 Å². The molecule has 1 aliphatic rings. The maximum absolute atomic E-state index is 5.88. The van der Waals surface area contributed by atoms with Gasteiger partial charge in [-0.3, -0.25) is 0 Å². The SMILES string of the molecule is COCCc1cc(N2CCC(N)C2)ncn1. The molecule has 1 aliphatic heterocycles. The van der Waals surface area contributed by atoms with Gasteiger partial charge in [0, 0.05) is 44.4 Å². The molecule has 1 atom stereocenters.